The van der Waals surface area contributed by atoms with E-state index in [-0.39, 0.29) is 6.61 Å². The van der Waals surface area contributed by atoms with Gasteiger partial charge in [0, 0.05) is 0 Å². The summed E-state index contributed by atoms with van der Waals surface area (Å²) in [5.74, 6) is -0.419. The fraction of sp³-hybridized carbons (Fsp3) is 0.444. The van der Waals surface area contributed by atoms with E-state index in [0.717, 1.165) is 10.6 Å². The summed E-state index contributed by atoms with van der Waals surface area (Å²) in [5.41, 5.74) is 2.28. The topological polar surface area (TPSA) is 94.2 Å². The van der Waals surface area contributed by atoms with Gasteiger partial charge in [-0.3, -0.25) is 0 Å². The third-order valence-electron chi connectivity index (χ3n) is 4.56. The Bertz CT molecular complexity index is 965. The second-order valence-corrected chi connectivity index (χ2v) is 10.0. The number of hydrazine groups is 1. The van der Waals surface area contributed by atoms with Gasteiger partial charge < -0.3 is 14.2 Å². The number of amides is 2. The van der Waals surface area contributed by atoms with Crippen molar-refractivity contribution in [1.82, 2.24) is 10.4 Å². The number of nitrogens with zero attached hydrogens (tertiary/aromatic N) is 1. The van der Waals surface area contributed by atoms with Gasteiger partial charge in [-0.05, 0) is 72.1 Å². The summed E-state index contributed by atoms with van der Waals surface area (Å²) in [6.45, 7) is 10.6. The zero-order valence-electron chi connectivity index (χ0n) is 21.4. The van der Waals surface area contributed by atoms with Crippen LogP contribution in [0.15, 0.2) is 60.7 Å². The molecule has 2 aromatic rings. The molecule has 0 fully saturated rings. The molecular weight excluding hydrogens is 448 g/mol. The van der Waals surface area contributed by atoms with Crippen LogP contribution in [0.1, 0.15) is 76.3 Å². The highest BCUT2D eigenvalue weighted by Crippen LogP contribution is 2.27. The lowest BCUT2D eigenvalue weighted by Crippen LogP contribution is -2.51. The average Bonchev–Trinajstić information content (AvgIpc) is 2.76. The standard InChI is InChI=1S/C27H36N2O6/c1-26(2,3)34-24(31)28-29(25(32)35-27(4,5)6)22(20-14-9-7-10-15-20)18-13-19-33-23(30)21-16-11-8-12-17-21/h7-12,14-17,22H,13,18-19H2,1-6H3,(H,28,31). The number of nitrogens with one attached hydrogen (secondary N) is 1. The van der Waals surface area contributed by atoms with Crippen molar-refractivity contribution in [1.29, 1.82) is 0 Å². The first-order valence-electron chi connectivity index (χ1n) is 11.6. The number of carbonyl (C=O) groups excluding carboxylic acids is 3. The molecule has 2 rings (SSSR count). The molecule has 8 nitrogen and oxygen atoms in total. The minimum Gasteiger partial charge on any atom is -0.462 e. The van der Waals surface area contributed by atoms with Gasteiger partial charge in [-0.15, -0.1) is 0 Å². The molecular formula is C27H36N2O6. The Balaban J connectivity index is 2.20. The van der Waals surface area contributed by atoms with Crippen LogP contribution in [0.5, 0.6) is 0 Å². The van der Waals surface area contributed by atoms with Crippen molar-refractivity contribution >= 4 is 18.2 Å². The van der Waals surface area contributed by atoms with Crippen molar-refractivity contribution in [3.63, 3.8) is 0 Å². The van der Waals surface area contributed by atoms with Crippen LogP contribution in [0.2, 0.25) is 0 Å². The van der Waals surface area contributed by atoms with Gasteiger partial charge in [0.25, 0.3) is 0 Å². The van der Waals surface area contributed by atoms with E-state index < -0.39 is 35.4 Å². The SMILES string of the molecule is CC(C)(C)OC(=O)NN(C(=O)OC(C)(C)C)C(CCCOC(=O)c1ccccc1)c1ccccc1. The molecule has 0 saturated carbocycles. The predicted molar refractivity (Wildman–Crippen MR) is 133 cm³/mol. The molecule has 2 amide bonds. The molecule has 1 unspecified atom stereocenters. The summed E-state index contributed by atoms with van der Waals surface area (Å²) in [6, 6.07) is 17.4. The predicted octanol–water partition coefficient (Wildman–Crippen LogP) is 6.04. The summed E-state index contributed by atoms with van der Waals surface area (Å²) in [7, 11) is 0. The van der Waals surface area contributed by atoms with Gasteiger partial charge in [0.2, 0.25) is 0 Å². The fourth-order valence-corrected chi connectivity index (χ4v) is 3.18. The molecule has 0 aliphatic rings. The first-order chi connectivity index (χ1) is 16.4. The number of hydrogen-bond acceptors (Lipinski definition) is 6. The van der Waals surface area contributed by atoms with Crippen LogP contribution >= 0.6 is 0 Å². The smallest absolute Gasteiger partial charge is 0.429 e. The Morgan fingerprint density at radius 2 is 1.37 bits per heavy atom. The van der Waals surface area contributed by atoms with Crippen LogP contribution in [-0.4, -0.2) is 41.0 Å². The van der Waals surface area contributed by atoms with Gasteiger partial charge in [0.1, 0.15) is 11.2 Å². The van der Waals surface area contributed by atoms with Gasteiger partial charge in [-0.1, -0.05) is 48.5 Å². The van der Waals surface area contributed by atoms with E-state index >= 15 is 0 Å². The van der Waals surface area contributed by atoms with Gasteiger partial charge in [-0.25, -0.2) is 24.8 Å². The van der Waals surface area contributed by atoms with E-state index in [0.29, 0.717) is 18.4 Å². The van der Waals surface area contributed by atoms with Crippen LogP contribution in [0, 0.1) is 0 Å². The van der Waals surface area contributed by atoms with Crippen LogP contribution in [-0.2, 0) is 14.2 Å². The monoisotopic (exact) mass is 484 g/mol. The third-order valence-corrected chi connectivity index (χ3v) is 4.56. The molecule has 0 radical (unpaired) electrons. The van der Waals surface area contributed by atoms with E-state index in [2.05, 4.69) is 5.43 Å². The highest BCUT2D eigenvalue weighted by Gasteiger charge is 2.32. The molecule has 190 valence electrons. The van der Waals surface area contributed by atoms with Gasteiger partial charge in [-0.2, -0.15) is 0 Å². The molecule has 0 spiro atoms. The molecule has 0 aromatic heterocycles. The van der Waals surface area contributed by atoms with E-state index in [9.17, 15) is 14.4 Å². The lowest BCUT2D eigenvalue weighted by Gasteiger charge is -2.34. The largest absolute Gasteiger partial charge is 0.462 e. The van der Waals surface area contributed by atoms with E-state index in [1.54, 1.807) is 65.8 Å². The third kappa shape index (κ3) is 10.1. The fourth-order valence-electron chi connectivity index (χ4n) is 3.18. The molecule has 0 heterocycles. The lowest BCUT2D eigenvalue weighted by atomic mass is 10.0. The minimum absolute atomic E-state index is 0.145. The first kappa shape index (κ1) is 27.7. The van der Waals surface area contributed by atoms with Crippen LogP contribution < -0.4 is 5.43 Å². The van der Waals surface area contributed by atoms with E-state index in [4.69, 9.17) is 14.2 Å². The highest BCUT2D eigenvalue weighted by molar-refractivity contribution is 5.89. The molecule has 0 aliphatic carbocycles. The van der Waals surface area contributed by atoms with Crippen molar-refractivity contribution in [2.45, 2.75) is 71.6 Å². The first-order valence-corrected chi connectivity index (χ1v) is 11.6. The normalized spacial score (nSPS) is 12.3. The second-order valence-electron chi connectivity index (χ2n) is 10.0. The maximum absolute atomic E-state index is 13.1. The lowest BCUT2D eigenvalue weighted by molar-refractivity contribution is -0.0119. The Kier molecular flexibility index (Phi) is 9.68. The van der Waals surface area contributed by atoms with Crippen LogP contribution in [0.25, 0.3) is 0 Å². The van der Waals surface area contributed by atoms with Crippen molar-refractivity contribution in [3.05, 3.63) is 71.8 Å². The molecule has 1 atom stereocenters. The van der Waals surface area contributed by atoms with E-state index in [1.807, 2.05) is 36.4 Å². The summed E-state index contributed by atoms with van der Waals surface area (Å²) in [6.07, 6.45) is -0.674. The Morgan fingerprint density at radius 3 is 1.91 bits per heavy atom. The molecule has 2 aromatic carbocycles. The Morgan fingerprint density at radius 1 is 0.829 bits per heavy atom. The van der Waals surface area contributed by atoms with Crippen LogP contribution in [0.4, 0.5) is 9.59 Å². The number of carbonyl (C=O) groups is 3. The molecule has 0 saturated heterocycles. The maximum atomic E-state index is 13.1. The summed E-state index contributed by atoms with van der Waals surface area (Å²) in [5, 5.41) is 1.15. The van der Waals surface area contributed by atoms with Crippen LogP contribution in [0.3, 0.4) is 0 Å². The maximum Gasteiger partial charge on any atom is 0.429 e. The molecule has 0 aliphatic heterocycles. The number of rotatable bonds is 7. The molecule has 0 bridgehead atoms. The van der Waals surface area contributed by atoms with Crippen molar-refractivity contribution in [2.24, 2.45) is 0 Å². The Labute approximate surface area is 207 Å². The van der Waals surface area contributed by atoms with E-state index in [1.165, 1.54) is 0 Å². The Hall–Kier alpha value is -3.55. The molecule has 1 N–H and O–H groups in total. The number of benzene rings is 2. The van der Waals surface area contributed by atoms with Gasteiger partial charge in [0.15, 0.2) is 0 Å². The zero-order chi connectivity index (χ0) is 26.1. The average molecular weight is 485 g/mol. The van der Waals surface area contributed by atoms with Gasteiger partial charge >= 0.3 is 18.2 Å². The van der Waals surface area contributed by atoms with Crippen molar-refractivity contribution < 1.29 is 28.6 Å². The quantitative estimate of drug-likeness (QED) is 0.223. The number of esters is 1. The van der Waals surface area contributed by atoms with Crippen molar-refractivity contribution in [2.75, 3.05) is 6.61 Å². The van der Waals surface area contributed by atoms with Crippen molar-refractivity contribution in [3.8, 4) is 0 Å². The number of hydrogen-bond donors (Lipinski definition) is 1. The minimum atomic E-state index is -0.780. The molecule has 8 heteroatoms. The summed E-state index contributed by atoms with van der Waals surface area (Å²) in [4.78, 5) is 38.0. The number of ether oxygens (including phenoxy) is 3. The van der Waals surface area contributed by atoms with Gasteiger partial charge in [0.05, 0.1) is 18.2 Å². The summed E-state index contributed by atoms with van der Waals surface area (Å²) >= 11 is 0. The summed E-state index contributed by atoms with van der Waals surface area (Å²) < 4.78 is 16.3. The molecule has 35 heavy (non-hydrogen) atoms. The highest BCUT2D eigenvalue weighted by atomic mass is 16.6. The zero-order valence-corrected chi connectivity index (χ0v) is 21.4. The second kappa shape index (κ2) is 12.2.